The Morgan fingerprint density at radius 1 is 1.00 bits per heavy atom. The molecule has 2 heterocycles. The Morgan fingerprint density at radius 3 is 2.80 bits per heavy atom. The smallest absolute Gasteiger partial charge is 0.119 e. The standard InChI is InChI=1S/C22H24N2O/c1-2-11-21(12-3-1)25-17-18-7-6-14-24(15-18)16-20-9-4-8-19-10-5-13-23-22(19)20/h1-5,8-13,18H,6-7,14-17H2. The van der Waals surface area contributed by atoms with Crippen LogP contribution in [0.1, 0.15) is 18.4 Å². The molecule has 1 atom stereocenters. The molecule has 3 aromatic rings. The Bertz CT molecular complexity index is 813. The van der Waals surface area contributed by atoms with Gasteiger partial charge in [0.05, 0.1) is 12.1 Å². The Hall–Kier alpha value is -2.39. The molecular weight excluding hydrogens is 308 g/mol. The molecule has 0 bridgehead atoms. The zero-order chi connectivity index (χ0) is 16.9. The highest BCUT2D eigenvalue weighted by molar-refractivity contribution is 5.81. The molecule has 1 aliphatic rings. The minimum absolute atomic E-state index is 0.594. The van der Waals surface area contributed by atoms with Crippen LogP contribution in [0.25, 0.3) is 10.9 Å². The highest BCUT2D eigenvalue weighted by atomic mass is 16.5. The lowest BCUT2D eigenvalue weighted by Crippen LogP contribution is -2.37. The Labute approximate surface area is 149 Å². The van der Waals surface area contributed by atoms with Crippen molar-refractivity contribution in [1.82, 2.24) is 9.88 Å². The molecule has 0 radical (unpaired) electrons. The van der Waals surface area contributed by atoms with Crippen LogP contribution in [0.3, 0.4) is 0 Å². The quantitative estimate of drug-likeness (QED) is 0.686. The summed E-state index contributed by atoms with van der Waals surface area (Å²) in [6.07, 6.45) is 4.37. The van der Waals surface area contributed by atoms with Gasteiger partial charge in [-0.3, -0.25) is 9.88 Å². The van der Waals surface area contributed by atoms with Crippen molar-refractivity contribution in [2.24, 2.45) is 5.92 Å². The molecule has 1 unspecified atom stereocenters. The van der Waals surface area contributed by atoms with Gasteiger partial charge in [0.25, 0.3) is 0 Å². The summed E-state index contributed by atoms with van der Waals surface area (Å²) in [5, 5.41) is 1.22. The molecule has 0 N–H and O–H groups in total. The number of hydrogen-bond donors (Lipinski definition) is 0. The fraction of sp³-hybridized carbons (Fsp3) is 0.318. The molecule has 3 nitrogen and oxygen atoms in total. The average molecular weight is 332 g/mol. The first-order valence-electron chi connectivity index (χ1n) is 9.11. The first-order chi connectivity index (χ1) is 12.4. The summed E-state index contributed by atoms with van der Waals surface area (Å²) in [5.74, 6) is 1.56. The van der Waals surface area contributed by atoms with Crippen LogP contribution in [0.5, 0.6) is 5.75 Å². The second-order valence-corrected chi connectivity index (χ2v) is 6.86. The van der Waals surface area contributed by atoms with Gasteiger partial charge in [-0.25, -0.2) is 0 Å². The Kier molecular flexibility index (Phi) is 4.93. The summed E-state index contributed by atoms with van der Waals surface area (Å²) in [6.45, 7) is 4.02. The van der Waals surface area contributed by atoms with E-state index >= 15 is 0 Å². The lowest BCUT2D eigenvalue weighted by molar-refractivity contribution is 0.125. The number of para-hydroxylation sites is 2. The number of aromatic nitrogens is 1. The number of pyridine rings is 1. The number of piperidine rings is 1. The van der Waals surface area contributed by atoms with Crippen LogP contribution in [0.2, 0.25) is 0 Å². The van der Waals surface area contributed by atoms with Gasteiger partial charge in [-0.2, -0.15) is 0 Å². The second-order valence-electron chi connectivity index (χ2n) is 6.86. The molecule has 0 aliphatic carbocycles. The molecule has 25 heavy (non-hydrogen) atoms. The summed E-state index contributed by atoms with van der Waals surface area (Å²) < 4.78 is 5.98. The zero-order valence-corrected chi connectivity index (χ0v) is 14.5. The van der Waals surface area contributed by atoms with Crippen molar-refractivity contribution in [3.05, 3.63) is 72.4 Å². The van der Waals surface area contributed by atoms with Crippen molar-refractivity contribution in [2.45, 2.75) is 19.4 Å². The molecule has 1 saturated heterocycles. The number of nitrogens with zero attached hydrogens (tertiary/aromatic N) is 2. The van der Waals surface area contributed by atoms with Crippen LogP contribution in [0.15, 0.2) is 66.9 Å². The van der Waals surface area contributed by atoms with Crippen LogP contribution < -0.4 is 4.74 Å². The summed E-state index contributed by atoms with van der Waals surface area (Å²) >= 11 is 0. The number of hydrogen-bond acceptors (Lipinski definition) is 3. The second kappa shape index (κ2) is 7.66. The van der Waals surface area contributed by atoms with Crippen molar-refractivity contribution in [1.29, 1.82) is 0 Å². The van der Waals surface area contributed by atoms with Crippen LogP contribution in [-0.4, -0.2) is 29.6 Å². The van der Waals surface area contributed by atoms with Gasteiger partial charge < -0.3 is 4.74 Å². The fourth-order valence-corrected chi connectivity index (χ4v) is 3.70. The maximum atomic E-state index is 5.98. The molecule has 4 rings (SSSR count). The highest BCUT2D eigenvalue weighted by Crippen LogP contribution is 2.23. The van der Waals surface area contributed by atoms with E-state index in [-0.39, 0.29) is 0 Å². The third kappa shape index (κ3) is 3.99. The molecule has 1 aromatic heterocycles. The lowest BCUT2D eigenvalue weighted by Gasteiger charge is -2.32. The van der Waals surface area contributed by atoms with Gasteiger partial charge in [-0.1, -0.05) is 42.5 Å². The first kappa shape index (κ1) is 16.1. The topological polar surface area (TPSA) is 25.4 Å². The Morgan fingerprint density at radius 2 is 1.88 bits per heavy atom. The van der Waals surface area contributed by atoms with Crippen molar-refractivity contribution in [2.75, 3.05) is 19.7 Å². The van der Waals surface area contributed by atoms with Gasteiger partial charge in [-0.05, 0) is 43.1 Å². The van der Waals surface area contributed by atoms with Crippen molar-refractivity contribution < 1.29 is 4.74 Å². The van der Waals surface area contributed by atoms with Crippen LogP contribution in [0.4, 0.5) is 0 Å². The highest BCUT2D eigenvalue weighted by Gasteiger charge is 2.21. The molecule has 3 heteroatoms. The van der Waals surface area contributed by atoms with Gasteiger partial charge in [-0.15, -0.1) is 0 Å². The van der Waals surface area contributed by atoms with E-state index in [1.807, 2.05) is 42.6 Å². The number of likely N-dealkylation sites (tertiary alicyclic amines) is 1. The first-order valence-corrected chi connectivity index (χ1v) is 9.11. The minimum Gasteiger partial charge on any atom is -0.493 e. The van der Waals surface area contributed by atoms with E-state index in [4.69, 9.17) is 4.74 Å². The lowest BCUT2D eigenvalue weighted by atomic mass is 9.98. The van der Waals surface area contributed by atoms with E-state index < -0.39 is 0 Å². The van der Waals surface area contributed by atoms with Gasteiger partial charge >= 0.3 is 0 Å². The van der Waals surface area contributed by atoms with Gasteiger partial charge in [0, 0.05) is 30.6 Å². The maximum absolute atomic E-state index is 5.98. The maximum Gasteiger partial charge on any atom is 0.119 e. The van der Waals surface area contributed by atoms with Gasteiger partial charge in [0.15, 0.2) is 0 Å². The largest absolute Gasteiger partial charge is 0.493 e. The molecule has 128 valence electrons. The summed E-state index contributed by atoms with van der Waals surface area (Å²) in [5.41, 5.74) is 2.45. The van der Waals surface area contributed by atoms with E-state index in [2.05, 4.69) is 34.1 Å². The Balaban J connectivity index is 1.39. The normalized spacial score (nSPS) is 18.3. The van der Waals surface area contributed by atoms with Crippen LogP contribution in [0, 0.1) is 5.92 Å². The third-order valence-electron chi connectivity index (χ3n) is 4.94. The van der Waals surface area contributed by atoms with E-state index in [1.54, 1.807) is 0 Å². The molecule has 1 aliphatic heterocycles. The molecule has 1 fully saturated rings. The predicted molar refractivity (Wildman–Crippen MR) is 102 cm³/mol. The van der Waals surface area contributed by atoms with Crippen molar-refractivity contribution in [3.63, 3.8) is 0 Å². The van der Waals surface area contributed by atoms with E-state index in [0.29, 0.717) is 5.92 Å². The zero-order valence-electron chi connectivity index (χ0n) is 14.5. The third-order valence-corrected chi connectivity index (χ3v) is 4.94. The molecular formula is C22H24N2O. The van der Waals surface area contributed by atoms with Crippen molar-refractivity contribution >= 4 is 10.9 Å². The van der Waals surface area contributed by atoms with Crippen molar-refractivity contribution in [3.8, 4) is 5.75 Å². The number of fused-ring (bicyclic) bond motifs is 1. The van der Waals surface area contributed by atoms with E-state index in [0.717, 1.165) is 37.5 Å². The number of rotatable bonds is 5. The molecule has 0 saturated carbocycles. The predicted octanol–water partition coefficient (Wildman–Crippen LogP) is 4.53. The van der Waals surface area contributed by atoms with E-state index in [1.165, 1.54) is 23.8 Å². The minimum atomic E-state index is 0.594. The summed E-state index contributed by atoms with van der Waals surface area (Å²) in [7, 11) is 0. The van der Waals surface area contributed by atoms with E-state index in [9.17, 15) is 0 Å². The van der Waals surface area contributed by atoms with Crippen LogP contribution in [-0.2, 0) is 6.54 Å². The SMILES string of the molecule is c1ccc(OCC2CCCN(Cc3cccc4cccnc34)C2)cc1. The monoisotopic (exact) mass is 332 g/mol. The van der Waals surface area contributed by atoms with Gasteiger partial charge in [0.2, 0.25) is 0 Å². The summed E-state index contributed by atoms with van der Waals surface area (Å²) in [6, 6.07) is 20.8. The number of benzene rings is 2. The molecule has 0 spiro atoms. The molecule has 0 amide bonds. The van der Waals surface area contributed by atoms with Crippen LogP contribution >= 0.6 is 0 Å². The average Bonchev–Trinajstić information content (AvgIpc) is 2.68. The van der Waals surface area contributed by atoms with Gasteiger partial charge in [0.1, 0.15) is 5.75 Å². The molecule has 2 aromatic carbocycles. The summed E-state index contributed by atoms with van der Waals surface area (Å²) in [4.78, 5) is 7.14. The fourth-order valence-electron chi connectivity index (χ4n) is 3.70. The number of ether oxygens (including phenoxy) is 1.